The van der Waals surface area contributed by atoms with Crippen molar-refractivity contribution in [2.24, 2.45) is 0 Å². The van der Waals surface area contributed by atoms with Gasteiger partial charge < -0.3 is 9.47 Å². The number of benzene rings is 2. The summed E-state index contributed by atoms with van der Waals surface area (Å²) in [5.41, 5.74) is 1.56. The summed E-state index contributed by atoms with van der Waals surface area (Å²) in [6.45, 7) is 0.441. The first-order chi connectivity index (χ1) is 9.70. The molecule has 0 aliphatic heterocycles. The molecule has 0 heterocycles. The Kier molecular flexibility index (Phi) is 5.16. The molecule has 2 aromatic carbocycles. The van der Waals surface area contributed by atoms with Crippen molar-refractivity contribution < 1.29 is 14.3 Å². The molecule has 0 saturated heterocycles. The van der Waals surface area contributed by atoms with Crippen molar-refractivity contribution in [3.8, 4) is 5.75 Å². The second-order valence-corrected chi connectivity index (χ2v) is 4.66. The topological polar surface area (TPSA) is 35.5 Å². The van der Waals surface area contributed by atoms with Crippen molar-refractivity contribution in [2.45, 2.75) is 6.61 Å². The van der Waals surface area contributed by atoms with Gasteiger partial charge in [-0.2, -0.15) is 0 Å². The predicted molar refractivity (Wildman–Crippen MR) is 78.4 cm³/mol. The van der Waals surface area contributed by atoms with E-state index in [2.05, 4.69) is 0 Å². The molecule has 0 saturated carbocycles. The SMILES string of the molecule is COc1cc(C(=O)COCc2ccccc2)ccc1Cl. The number of rotatable bonds is 6. The molecule has 0 N–H and O–H groups in total. The highest BCUT2D eigenvalue weighted by atomic mass is 35.5. The maximum atomic E-state index is 12.0. The standard InChI is InChI=1S/C16H15ClO3/c1-19-16-9-13(7-8-14(16)17)15(18)11-20-10-12-5-3-2-4-6-12/h2-9H,10-11H2,1H3. The molecule has 3 nitrogen and oxygen atoms in total. The summed E-state index contributed by atoms with van der Waals surface area (Å²) >= 11 is 5.92. The van der Waals surface area contributed by atoms with Crippen LogP contribution in [-0.2, 0) is 11.3 Å². The lowest BCUT2D eigenvalue weighted by Crippen LogP contribution is -2.09. The van der Waals surface area contributed by atoms with Gasteiger partial charge in [0.25, 0.3) is 0 Å². The van der Waals surface area contributed by atoms with Gasteiger partial charge in [-0.1, -0.05) is 41.9 Å². The van der Waals surface area contributed by atoms with Crippen molar-refractivity contribution in [1.82, 2.24) is 0 Å². The number of methoxy groups -OCH3 is 1. The van der Waals surface area contributed by atoms with E-state index in [-0.39, 0.29) is 12.4 Å². The first-order valence-electron chi connectivity index (χ1n) is 6.19. The minimum Gasteiger partial charge on any atom is -0.495 e. The molecular formula is C16H15ClO3. The number of halogens is 1. The van der Waals surface area contributed by atoms with Crippen LogP contribution in [0.5, 0.6) is 5.75 Å². The van der Waals surface area contributed by atoms with Gasteiger partial charge in [-0.3, -0.25) is 4.79 Å². The van der Waals surface area contributed by atoms with Crippen LogP contribution < -0.4 is 4.74 Å². The Hall–Kier alpha value is -1.84. The Morgan fingerprint density at radius 2 is 1.90 bits per heavy atom. The molecule has 0 aliphatic carbocycles. The highest BCUT2D eigenvalue weighted by molar-refractivity contribution is 6.32. The maximum absolute atomic E-state index is 12.0. The Labute approximate surface area is 123 Å². The molecular weight excluding hydrogens is 276 g/mol. The summed E-state index contributed by atoms with van der Waals surface area (Å²) in [7, 11) is 1.52. The zero-order valence-corrected chi connectivity index (χ0v) is 11.9. The fourth-order valence-electron chi connectivity index (χ4n) is 1.75. The number of ketones is 1. The molecule has 20 heavy (non-hydrogen) atoms. The molecule has 0 atom stereocenters. The van der Waals surface area contributed by atoms with E-state index in [0.717, 1.165) is 5.56 Å². The minimum absolute atomic E-state index is 0.0275. The highest BCUT2D eigenvalue weighted by Crippen LogP contribution is 2.25. The van der Waals surface area contributed by atoms with Crippen LogP contribution in [0, 0.1) is 0 Å². The van der Waals surface area contributed by atoms with E-state index < -0.39 is 0 Å². The Bertz CT molecular complexity index is 582. The van der Waals surface area contributed by atoms with E-state index in [4.69, 9.17) is 21.1 Å². The van der Waals surface area contributed by atoms with Gasteiger partial charge in [-0.05, 0) is 23.8 Å². The lowest BCUT2D eigenvalue weighted by atomic mass is 10.1. The van der Waals surface area contributed by atoms with Gasteiger partial charge in [0.2, 0.25) is 0 Å². The number of hydrogen-bond donors (Lipinski definition) is 0. The van der Waals surface area contributed by atoms with Crippen molar-refractivity contribution in [1.29, 1.82) is 0 Å². The lowest BCUT2D eigenvalue weighted by Gasteiger charge is -2.07. The third-order valence-electron chi connectivity index (χ3n) is 2.82. The van der Waals surface area contributed by atoms with Crippen LogP contribution >= 0.6 is 11.6 Å². The number of hydrogen-bond acceptors (Lipinski definition) is 3. The summed E-state index contributed by atoms with van der Waals surface area (Å²) in [6, 6.07) is 14.6. The van der Waals surface area contributed by atoms with Crippen molar-refractivity contribution >= 4 is 17.4 Å². The van der Waals surface area contributed by atoms with E-state index in [9.17, 15) is 4.79 Å². The average molecular weight is 291 g/mol. The quantitative estimate of drug-likeness (QED) is 0.760. The first kappa shape index (κ1) is 14.6. The second-order valence-electron chi connectivity index (χ2n) is 4.25. The van der Waals surface area contributed by atoms with Crippen LogP contribution in [-0.4, -0.2) is 19.5 Å². The Morgan fingerprint density at radius 3 is 2.60 bits per heavy atom. The second kappa shape index (κ2) is 7.08. The molecule has 0 amide bonds. The fraction of sp³-hybridized carbons (Fsp3) is 0.188. The van der Waals surface area contributed by atoms with Gasteiger partial charge in [-0.15, -0.1) is 0 Å². The summed E-state index contributed by atoms with van der Waals surface area (Å²) in [5, 5.41) is 0.481. The van der Waals surface area contributed by atoms with E-state index in [1.807, 2.05) is 30.3 Å². The summed E-state index contributed by atoms with van der Waals surface area (Å²) in [4.78, 5) is 12.0. The van der Waals surface area contributed by atoms with E-state index in [1.54, 1.807) is 18.2 Å². The summed E-state index contributed by atoms with van der Waals surface area (Å²) in [5.74, 6) is 0.386. The third kappa shape index (κ3) is 3.83. The van der Waals surface area contributed by atoms with Crippen LogP contribution in [0.2, 0.25) is 5.02 Å². The average Bonchev–Trinajstić information content (AvgIpc) is 2.48. The van der Waals surface area contributed by atoms with Gasteiger partial charge >= 0.3 is 0 Å². The summed E-state index contributed by atoms with van der Waals surface area (Å²) in [6.07, 6.45) is 0. The predicted octanol–water partition coefficient (Wildman–Crippen LogP) is 3.75. The normalized spacial score (nSPS) is 10.3. The Balaban J connectivity index is 1.92. The molecule has 2 rings (SSSR count). The Morgan fingerprint density at radius 1 is 1.15 bits per heavy atom. The molecule has 4 heteroatoms. The van der Waals surface area contributed by atoms with E-state index >= 15 is 0 Å². The van der Waals surface area contributed by atoms with Crippen molar-refractivity contribution in [3.63, 3.8) is 0 Å². The van der Waals surface area contributed by atoms with Gasteiger partial charge in [0.1, 0.15) is 12.4 Å². The van der Waals surface area contributed by atoms with Gasteiger partial charge in [-0.25, -0.2) is 0 Å². The molecule has 0 aliphatic rings. The largest absolute Gasteiger partial charge is 0.495 e. The lowest BCUT2D eigenvalue weighted by molar-refractivity contribution is 0.0726. The van der Waals surface area contributed by atoms with Gasteiger partial charge in [0.15, 0.2) is 5.78 Å². The fourth-order valence-corrected chi connectivity index (χ4v) is 1.95. The number of carbonyl (C=O) groups is 1. The number of Topliss-reactive ketones (excluding diaryl/α,β-unsaturated/α-hetero) is 1. The van der Waals surface area contributed by atoms with Crippen molar-refractivity contribution in [2.75, 3.05) is 13.7 Å². The molecule has 0 fully saturated rings. The minimum atomic E-state index is -0.101. The van der Waals surface area contributed by atoms with Crippen molar-refractivity contribution in [3.05, 3.63) is 64.7 Å². The molecule has 2 aromatic rings. The monoisotopic (exact) mass is 290 g/mol. The zero-order valence-electron chi connectivity index (χ0n) is 11.1. The van der Waals surface area contributed by atoms with Crippen LogP contribution in [0.15, 0.2) is 48.5 Å². The van der Waals surface area contributed by atoms with E-state index in [1.165, 1.54) is 7.11 Å². The smallest absolute Gasteiger partial charge is 0.188 e. The van der Waals surface area contributed by atoms with E-state index in [0.29, 0.717) is 22.9 Å². The van der Waals surface area contributed by atoms with Gasteiger partial charge in [0.05, 0.1) is 18.7 Å². The van der Waals surface area contributed by atoms with Gasteiger partial charge in [0, 0.05) is 5.56 Å². The molecule has 104 valence electrons. The maximum Gasteiger partial charge on any atom is 0.188 e. The first-order valence-corrected chi connectivity index (χ1v) is 6.57. The summed E-state index contributed by atoms with van der Waals surface area (Å²) < 4.78 is 10.5. The highest BCUT2D eigenvalue weighted by Gasteiger charge is 2.09. The molecule has 0 unspecified atom stereocenters. The van der Waals surface area contributed by atoms with Crippen LogP contribution in [0.1, 0.15) is 15.9 Å². The molecule has 0 radical (unpaired) electrons. The van der Waals surface area contributed by atoms with Crippen LogP contribution in [0.25, 0.3) is 0 Å². The van der Waals surface area contributed by atoms with Crippen LogP contribution in [0.3, 0.4) is 0 Å². The molecule has 0 spiro atoms. The molecule has 0 aromatic heterocycles. The zero-order chi connectivity index (χ0) is 14.4. The number of carbonyl (C=O) groups excluding carboxylic acids is 1. The molecule has 0 bridgehead atoms. The number of ether oxygens (including phenoxy) is 2. The van der Waals surface area contributed by atoms with Crippen LogP contribution in [0.4, 0.5) is 0 Å². The third-order valence-corrected chi connectivity index (χ3v) is 3.13.